The first-order valence-electron chi connectivity index (χ1n) is 6.82. The Labute approximate surface area is 127 Å². The fourth-order valence-corrected chi connectivity index (χ4v) is 2.64. The summed E-state index contributed by atoms with van der Waals surface area (Å²) < 4.78 is 18.2. The van der Waals surface area contributed by atoms with Crippen LogP contribution in [-0.2, 0) is 15.8 Å². The highest BCUT2D eigenvalue weighted by Crippen LogP contribution is 2.46. The maximum Gasteiger partial charge on any atom is 0.351 e. The molecule has 1 aliphatic rings. The van der Waals surface area contributed by atoms with Gasteiger partial charge in [0.1, 0.15) is 11.9 Å². The molecule has 2 N–H and O–H groups in total. The topological polar surface area (TPSA) is 114 Å². The van der Waals surface area contributed by atoms with E-state index < -0.39 is 19.5 Å². The van der Waals surface area contributed by atoms with Crippen molar-refractivity contribution in [1.29, 1.82) is 0 Å². The van der Waals surface area contributed by atoms with E-state index in [4.69, 9.17) is 14.5 Å². The Morgan fingerprint density at radius 1 is 1.41 bits per heavy atom. The fourth-order valence-electron chi connectivity index (χ4n) is 2.20. The monoisotopic (exact) mass is 327 g/mol. The van der Waals surface area contributed by atoms with Crippen molar-refractivity contribution in [3.63, 3.8) is 0 Å². The molecular weight excluding hydrogens is 309 g/mol. The molecule has 22 heavy (non-hydrogen) atoms. The molecule has 1 saturated carbocycles. The van der Waals surface area contributed by atoms with E-state index in [-0.39, 0.29) is 0 Å². The van der Waals surface area contributed by atoms with Gasteiger partial charge in [0.15, 0.2) is 5.65 Å². The van der Waals surface area contributed by atoms with E-state index in [1.807, 2.05) is 18.7 Å². The van der Waals surface area contributed by atoms with E-state index in [1.54, 1.807) is 17.4 Å². The van der Waals surface area contributed by atoms with E-state index >= 15 is 0 Å². The van der Waals surface area contributed by atoms with Gasteiger partial charge >= 0.3 is 7.60 Å². The van der Waals surface area contributed by atoms with Crippen molar-refractivity contribution in [3.05, 3.63) is 12.5 Å². The first kappa shape index (κ1) is 15.4. The lowest BCUT2D eigenvalue weighted by molar-refractivity contribution is 0.0417. The Morgan fingerprint density at radius 3 is 2.73 bits per heavy atom. The Balaban J connectivity index is 1.82. The summed E-state index contributed by atoms with van der Waals surface area (Å²) >= 11 is 0. The van der Waals surface area contributed by atoms with E-state index in [1.165, 1.54) is 0 Å². The number of hydrogen-bond acceptors (Lipinski definition) is 6. The molecule has 2 aromatic heterocycles. The van der Waals surface area contributed by atoms with Gasteiger partial charge in [-0.25, -0.2) is 9.97 Å². The summed E-state index contributed by atoms with van der Waals surface area (Å²) in [5.41, 5.74) is 0.832. The standard InChI is InChI=1S/C12H18N5O4P/c1-16(2)11-13-5-9-10(15-11)17(7-14-9)6-12(3-4-12)21-8-22(18,19)20/h5,7H,3-4,6,8H2,1-2H3,(H2,18,19,20). The van der Waals surface area contributed by atoms with Crippen molar-refractivity contribution in [2.45, 2.75) is 25.0 Å². The summed E-state index contributed by atoms with van der Waals surface area (Å²) in [6.07, 6.45) is 4.28. The molecule has 0 radical (unpaired) electrons. The molecule has 0 spiro atoms. The van der Waals surface area contributed by atoms with Crippen LogP contribution >= 0.6 is 7.60 Å². The van der Waals surface area contributed by atoms with E-state index in [0.29, 0.717) is 23.7 Å². The average Bonchev–Trinajstić information content (AvgIpc) is 3.10. The van der Waals surface area contributed by atoms with Gasteiger partial charge in [0, 0.05) is 14.1 Å². The molecular formula is C12H18N5O4P. The molecule has 2 aromatic rings. The Hall–Kier alpha value is -1.54. The van der Waals surface area contributed by atoms with Crippen LogP contribution in [0, 0.1) is 0 Å². The summed E-state index contributed by atoms with van der Waals surface area (Å²) in [7, 11) is -0.451. The molecule has 9 nitrogen and oxygen atoms in total. The second-order valence-corrected chi connectivity index (χ2v) is 7.35. The molecule has 0 aliphatic heterocycles. The third-order valence-electron chi connectivity index (χ3n) is 3.55. The number of fused-ring (bicyclic) bond motifs is 1. The van der Waals surface area contributed by atoms with Crippen LogP contribution in [0.15, 0.2) is 12.5 Å². The third kappa shape index (κ3) is 3.27. The van der Waals surface area contributed by atoms with Crippen LogP contribution in [0.5, 0.6) is 0 Å². The highest BCUT2D eigenvalue weighted by atomic mass is 31.2. The minimum atomic E-state index is -4.16. The van der Waals surface area contributed by atoms with E-state index in [9.17, 15) is 4.57 Å². The summed E-state index contributed by atoms with van der Waals surface area (Å²) in [6, 6.07) is 0. The Morgan fingerprint density at radius 2 is 2.14 bits per heavy atom. The number of ether oxygens (including phenoxy) is 1. The Kier molecular flexibility index (Phi) is 3.68. The van der Waals surface area contributed by atoms with Crippen LogP contribution in [0.1, 0.15) is 12.8 Å². The predicted octanol–water partition coefficient (Wildman–Crippen LogP) is 0.577. The van der Waals surface area contributed by atoms with Crippen molar-refractivity contribution in [2.24, 2.45) is 0 Å². The van der Waals surface area contributed by atoms with Crippen molar-refractivity contribution < 1.29 is 19.1 Å². The zero-order valence-corrected chi connectivity index (χ0v) is 13.3. The molecule has 0 unspecified atom stereocenters. The van der Waals surface area contributed by atoms with Crippen molar-refractivity contribution >= 4 is 24.7 Å². The Bertz CT molecular complexity index is 736. The average molecular weight is 327 g/mol. The second kappa shape index (κ2) is 5.27. The van der Waals surface area contributed by atoms with Crippen LogP contribution in [0.4, 0.5) is 5.95 Å². The molecule has 120 valence electrons. The van der Waals surface area contributed by atoms with Gasteiger partial charge in [-0.15, -0.1) is 0 Å². The summed E-state index contributed by atoms with van der Waals surface area (Å²) in [6.45, 7) is 0.466. The lowest BCUT2D eigenvalue weighted by Crippen LogP contribution is -2.22. The number of hydrogen-bond donors (Lipinski definition) is 2. The van der Waals surface area contributed by atoms with Crippen LogP contribution < -0.4 is 4.90 Å². The van der Waals surface area contributed by atoms with Gasteiger partial charge in [-0.1, -0.05) is 0 Å². The zero-order valence-electron chi connectivity index (χ0n) is 12.4. The van der Waals surface area contributed by atoms with Gasteiger partial charge in [0.25, 0.3) is 0 Å². The first-order valence-corrected chi connectivity index (χ1v) is 8.62. The lowest BCUT2D eigenvalue weighted by Gasteiger charge is -2.18. The summed E-state index contributed by atoms with van der Waals surface area (Å²) in [4.78, 5) is 32.6. The van der Waals surface area contributed by atoms with Gasteiger partial charge < -0.3 is 24.0 Å². The number of anilines is 1. The van der Waals surface area contributed by atoms with E-state index in [0.717, 1.165) is 12.8 Å². The molecule has 0 saturated heterocycles. The fraction of sp³-hybridized carbons (Fsp3) is 0.583. The van der Waals surface area contributed by atoms with Gasteiger partial charge in [-0.3, -0.25) is 4.57 Å². The number of imidazole rings is 1. The molecule has 0 atom stereocenters. The molecule has 0 bridgehead atoms. The normalized spacial score (nSPS) is 16.9. The van der Waals surface area contributed by atoms with Crippen molar-refractivity contribution in [2.75, 3.05) is 25.3 Å². The van der Waals surface area contributed by atoms with Gasteiger partial charge in [0.05, 0.1) is 24.7 Å². The van der Waals surface area contributed by atoms with Crippen molar-refractivity contribution in [1.82, 2.24) is 19.5 Å². The summed E-state index contributed by atoms with van der Waals surface area (Å²) in [5.74, 6) is 0.579. The number of rotatable bonds is 6. The predicted molar refractivity (Wildman–Crippen MR) is 79.6 cm³/mol. The molecule has 3 rings (SSSR count). The minimum absolute atomic E-state index is 0.466. The smallest absolute Gasteiger partial charge is 0.351 e. The molecule has 1 aliphatic carbocycles. The maximum atomic E-state index is 11.0. The molecule has 0 amide bonds. The van der Waals surface area contributed by atoms with Crippen LogP contribution in [0.3, 0.4) is 0 Å². The van der Waals surface area contributed by atoms with Crippen molar-refractivity contribution in [3.8, 4) is 0 Å². The highest BCUT2D eigenvalue weighted by molar-refractivity contribution is 7.51. The van der Waals surface area contributed by atoms with Crippen LogP contribution in [0.25, 0.3) is 11.2 Å². The molecule has 10 heteroatoms. The minimum Gasteiger partial charge on any atom is -0.361 e. The van der Waals surface area contributed by atoms with Crippen LogP contribution in [-0.4, -0.2) is 55.4 Å². The quantitative estimate of drug-likeness (QED) is 0.741. The van der Waals surface area contributed by atoms with E-state index in [2.05, 4.69) is 15.0 Å². The maximum absolute atomic E-state index is 11.0. The summed E-state index contributed by atoms with van der Waals surface area (Å²) in [5, 5.41) is 0. The SMILES string of the molecule is CN(C)c1ncc2ncn(CC3(OCP(=O)(O)O)CC3)c2n1. The van der Waals surface area contributed by atoms with Gasteiger partial charge in [-0.2, -0.15) is 4.98 Å². The molecule has 2 heterocycles. The highest BCUT2D eigenvalue weighted by Gasteiger charge is 2.46. The first-order chi connectivity index (χ1) is 10.3. The van der Waals surface area contributed by atoms with Gasteiger partial charge in [-0.05, 0) is 12.8 Å². The number of aromatic nitrogens is 4. The zero-order chi connectivity index (χ0) is 16.0. The third-order valence-corrected chi connectivity index (χ3v) is 4.02. The van der Waals surface area contributed by atoms with Crippen LogP contribution in [0.2, 0.25) is 0 Å². The molecule has 1 fully saturated rings. The largest absolute Gasteiger partial charge is 0.361 e. The molecule has 0 aromatic carbocycles. The second-order valence-electron chi connectivity index (χ2n) is 5.77. The van der Waals surface area contributed by atoms with Gasteiger partial charge in [0.2, 0.25) is 5.95 Å². The lowest BCUT2D eigenvalue weighted by atomic mass is 10.3. The number of nitrogens with zero attached hydrogens (tertiary/aromatic N) is 5.